The first-order valence-electron chi connectivity index (χ1n) is 7.12. The fourth-order valence-electron chi connectivity index (χ4n) is 2.89. The molecule has 118 valence electrons. The molecule has 1 fully saturated rings. The van der Waals surface area contributed by atoms with Gasteiger partial charge in [-0.1, -0.05) is 19.1 Å². The van der Waals surface area contributed by atoms with Crippen LogP contribution in [0.15, 0.2) is 24.3 Å². The molecule has 1 aliphatic carbocycles. The predicted molar refractivity (Wildman–Crippen MR) is 82.4 cm³/mol. The molecular weight excluding hydrogens is 290 g/mol. The van der Waals surface area contributed by atoms with E-state index < -0.39 is 20.6 Å². The summed E-state index contributed by atoms with van der Waals surface area (Å²) in [7, 11) is -1.62. The Labute approximate surface area is 126 Å². The molecule has 0 amide bonds. The van der Waals surface area contributed by atoms with Crippen molar-refractivity contribution in [3.63, 3.8) is 0 Å². The van der Waals surface area contributed by atoms with Crippen molar-refractivity contribution in [1.82, 2.24) is 0 Å². The second-order valence-electron chi connectivity index (χ2n) is 5.37. The molecule has 2 rings (SSSR count). The van der Waals surface area contributed by atoms with Crippen molar-refractivity contribution in [2.45, 2.75) is 30.6 Å². The van der Waals surface area contributed by atoms with Crippen molar-refractivity contribution < 1.29 is 17.9 Å². The molecule has 0 bridgehead atoms. The van der Waals surface area contributed by atoms with Gasteiger partial charge in [-0.25, -0.2) is 8.42 Å². The molecule has 5 nitrogen and oxygen atoms in total. The van der Waals surface area contributed by atoms with Gasteiger partial charge in [0.2, 0.25) is 0 Å². The molecule has 2 N–H and O–H groups in total. The zero-order valence-electron chi connectivity index (χ0n) is 12.7. The lowest BCUT2D eigenvalue weighted by atomic mass is 10.1. The van der Waals surface area contributed by atoms with Gasteiger partial charge < -0.3 is 15.2 Å². The van der Waals surface area contributed by atoms with Crippen molar-refractivity contribution in [2.75, 3.05) is 26.1 Å². The summed E-state index contributed by atoms with van der Waals surface area (Å²) in [5.41, 5.74) is 6.43. The second-order valence-corrected chi connectivity index (χ2v) is 7.78. The first-order valence-corrected chi connectivity index (χ1v) is 8.84. The first-order chi connectivity index (χ1) is 9.90. The minimum Gasteiger partial charge on any atom is -0.497 e. The number of benzene rings is 1. The molecule has 0 aromatic heterocycles. The van der Waals surface area contributed by atoms with Crippen LogP contribution in [-0.2, 0) is 14.6 Å². The van der Waals surface area contributed by atoms with E-state index in [1.165, 1.54) is 0 Å². The molecule has 1 aliphatic rings. The minimum atomic E-state index is -3.21. The van der Waals surface area contributed by atoms with E-state index in [1.54, 1.807) is 14.0 Å². The summed E-state index contributed by atoms with van der Waals surface area (Å²) in [6.07, 6.45) is 0. The quantitative estimate of drug-likeness (QED) is 0.821. The van der Waals surface area contributed by atoms with Gasteiger partial charge in [0.1, 0.15) is 5.75 Å². The van der Waals surface area contributed by atoms with Crippen LogP contribution in [0.5, 0.6) is 5.75 Å². The number of methoxy groups -OCH3 is 1. The average Bonchev–Trinajstić information content (AvgIpc) is 3.12. The Morgan fingerprint density at radius 1 is 1.24 bits per heavy atom. The number of nitrogens with two attached hydrogens (primary N) is 1. The van der Waals surface area contributed by atoms with E-state index in [0.29, 0.717) is 6.61 Å². The fourth-order valence-corrected chi connectivity index (χ4v) is 4.88. The molecule has 0 spiro atoms. The maximum absolute atomic E-state index is 12.3. The highest BCUT2D eigenvalue weighted by molar-refractivity contribution is 7.92. The lowest BCUT2D eigenvalue weighted by Crippen LogP contribution is -2.36. The van der Waals surface area contributed by atoms with Crippen LogP contribution >= 0.6 is 0 Å². The number of rotatable bonds is 7. The molecule has 1 aromatic rings. The van der Waals surface area contributed by atoms with Crippen LogP contribution in [0, 0.1) is 0 Å². The smallest absolute Gasteiger partial charge is 0.155 e. The molecule has 1 aromatic carbocycles. The van der Waals surface area contributed by atoms with Gasteiger partial charge in [-0.05, 0) is 24.6 Å². The molecule has 0 unspecified atom stereocenters. The van der Waals surface area contributed by atoms with Gasteiger partial charge in [0, 0.05) is 18.3 Å². The Morgan fingerprint density at radius 2 is 1.86 bits per heavy atom. The van der Waals surface area contributed by atoms with E-state index in [4.69, 9.17) is 15.2 Å². The van der Waals surface area contributed by atoms with Gasteiger partial charge in [0.05, 0.1) is 24.5 Å². The Balaban J connectivity index is 2.30. The van der Waals surface area contributed by atoms with E-state index in [0.717, 1.165) is 11.3 Å². The standard InChI is InChI=1S/C15H23NO4S/c1-4-20-10-15(16)13(14(15)21(17,18)5-2)11-6-8-12(19-3)9-7-11/h6-9,13-14H,4-5,10,16H2,1-3H3/t13-,14+,15+/m1/s1. The molecule has 0 saturated heterocycles. The van der Waals surface area contributed by atoms with Crippen LogP contribution in [0.1, 0.15) is 25.3 Å². The molecule has 3 atom stereocenters. The highest BCUT2D eigenvalue weighted by atomic mass is 32.2. The van der Waals surface area contributed by atoms with Crippen LogP contribution < -0.4 is 10.5 Å². The van der Waals surface area contributed by atoms with Crippen molar-refractivity contribution in [3.05, 3.63) is 29.8 Å². The van der Waals surface area contributed by atoms with E-state index in [1.807, 2.05) is 31.2 Å². The van der Waals surface area contributed by atoms with E-state index in [-0.39, 0.29) is 18.3 Å². The summed E-state index contributed by atoms with van der Waals surface area (Å²) < 4.78 is 35.1. The van der Waals surface area contributed by atoms with E-state index in [2.05, 4.69) is 0 Å². The Bertz CT molecular complexity index is 584. The number of sulfone groups is 1. The van der Waals surface area contributed by atoms with Crippen molar-refractivity contribution >= 4 is 9.84 Å². The van der Waals surface area contributed by atoms with Crippen molar-refractivity contribution in [2.24, 2.45) is 5.73 Å². The van der Waals surface area contributed by atoms with Crippen LogP contribution in [-0.4, -0.2) is 45.3 Å². The van der Waals surface area contributed by atoms with Gasteiger partial charge >= 0.3 is 0 Å². The molecular formula is C15H23NO4S. The first kappa shape index (κ1) is 16.3. The summed E-state index contributed by atoms with van der Waals surface area (Å²) in [6.45, 7) is 4.30. The monoisotopic (exact) mass is 313 g/mol. The van der Waals surface area contributed by atoms with Crippen LogP contribution in [0.2, 0.25) is 0 Å². The van der Waals surface area contributed by atoms with Gasteiger partial charge in [-0.15, -0.1) is 0 Å². The normalized spacial score (nSPS) is 28.4. The lowest BCUT2D eigenvalue weighted by molar-refractivity contribution is 0.125. The zero-order chi connectivity index (χ0) is 15.7. The van der Waals surface area contributed by atoms with Crippen molar-refractivity contribution in [3.8, 4) is 5.75 Å². The zero-order valence-corrected chi connectivity index (χ0v) is 13.5. The number of hydrogen-bond acceptors (Lipinski definition) is 5. The van der Waals surface area contributed by atoms with Gasteiger partial charge in [0.15, 0.2) is 9.84 Å². The number of ether oxygens (including phenoxy) is 2. The summed E-state index contributed by atoms with van der Waals surface area (Å²) in [4.78, 5) is 0. The van der Waals surface area contributed by atoms with Gasteiger partial charge in [-0.3, -0.25) is 0 Å². The van der Waals surface area contributed by atoms with Crippen LogP contribution in [0.25, 0.3) is 0 Å². The average molecular weight is 313 g/mol. The molecule has 21 heavy (non-hydrogen) atoms. The van der Waals surface area contributed by atoms with Crippen LogP contribution in [0.4, 0.5) is 0 Å². The van der Waals surface area contributed by atoms with E-state index >= 15 is 0 Å². The van der Waals surface area contributed by atoms with Crippen molar-refractivity contribution in [1.29, 1.82) is 0 Å². The summed E-state index contributed by atoms with van der Waals surface area (Å²) >= 11 is 0. The Hall–Kier alpha value is -1.11. The lowest BCUT2D eigenvalue weighted by Gasteiger charge is -2.12. The van der Waals surface area contributed by atoms with E-state index in [9.17, 15) is 8.42 Å². The maximum atomic E-state index is 12.3. The molecule has 0 radical (unpaired) electrons. The molecule has 0 aliphatic heterocycles. The largest absolute Gasteiger partial charge is 0.497 e. The SMILES string of the molecule is CCOC[C@]1(N)[C@H](c2ccc(OC)cc2)[C@@H]1S(=O)(=O)CC. The number of hydrogen-bond donors (Lipinski definition) is 1. The fraction of sp³-hybridized carbons (Fsp3) is 0.600. The summed E-state index contributed by atoms with van der Waals surface area (Å²) in [6, 6.07) is 7.40. The highest BCUT2D eigenvalue weighted by Crippen LogP contribution is 2.54. The summed E-state index contributed by atoms with van der Waals surface area (Å²) in [5.74, 6) is 0.608. The third-order valence-corrected chi connectivity index (χ3v) is 6.41. The van der Waals surface area contributed by atoms with Crippen LogP contribution in [0.3, 0.4) is 0 Å². The maximum Gasteiger partial charge on any atom is 0.155 e. The van der Waals surface area contributed by atoms with Gasteiger partial charge in [-0.2, -0.15) is 0 Å². The molecule has 1 saturated carbocycles. The van der Waals surface area contributed by atoms with Gasteiger partial charge in [0.25, 0.3) is 0 Å². The predicted octanol–water partition coefficient (Wildman–Crippen LogP) is 1.33. The third-order valence-electron chi connectivity index (χ3n) is 4.12. The molecule has 6 heteroatoms. The third kappa shape index (κ3) is 2.93. The Morgan fingerprint density at radius 3 is 2.33 bits per heavy atom. The minimum absolute atomic E-state index is 0.0927. The second kappa shape index (κ2) is 5.94. The highest BCUT2D eigenvalue weighted by Gasteiger charge is 2.68. The topological polar surface area (TPSA) is 78.6 Å². The summed E-state index contributed by atoms with van der Waals surface area (Å²) in [5, 5.41) is -0.574. The Kier molecular flexibility index (Phi) is 4.60. The molecule has 0 heterocycles.